The summed E-state index contributed by atoms with van der Waals surface area (Å²) >= 11 is 0. The van der Waals surface area contributed by atoms with Crippen LogP contribution in [0.1, 0.15) is 37.7 Å². The molecule has 1 aliphatic carbocycles. The fourth-order valence-corrected chi connectivity index (χ4v) is 2.55. The number of aromatic nitrogens is 1. The van der Waals surface area contributed by atoms with E-state index in [0.717, 1.165) is 24.8 Å². The molecule has 1 fully saturated rings. The van der Waals surface area contributed by atoms with E-state index in [1.807, 2.05) is 0 Å². The number of rotatable bonds is 4. The highest BCUT2D eigenvalue weighted by molar-refractivity contribution is 5.88. The number of carbonyl (C=O) groups excluding carboxylic acids is 1. The van der Waals surface area contributed by atoms with E-state index in [4.69, 9.17) is 0 Å². The van der Waals surface area contributed by atoms with Gasteiger partial charge in [-0.25, -0.2) is 4.79 Å². The van der Waals surface area contributed by atoms with Crippen molar-refractivity contribution in [1.29, 1.82) is 0 Å². The minimum absolute atomic E-state index is 0.170. The summed E-state index contributed by atoms with van der Waals surface area (Å²) in [5, 5.41) is 12.1. The molecule has 1 aliphatic rings. The molecule has 2 N–H and O–H groups in total. The van der Waals surface area contributed by atoms with Crippen molar-refractivity contribution in [2.75, 3.05) is 0 Å². The molecule has 1 aromatic heterocycles. The maximum absolute atomic E-state index is 12.0. The van der Waals surface area contributed by atoms with E-state index in [-0.39, 0.29) is 12.3 Å². The zero-order valence-electron chi connectivity index (χ0n) is 10.8. The van der Waals surface area contributed by atoms with Crippen molar-refractivity contribution in [3.63, 3.8) is 0 Å². The van der Waals surface area contributed by atoms with Crippen molar-refractivity contribution < 1.29 is 14.7 Å². The Morgan fingerprint density at radius 1 is 1.32 bits per heavy atom. The minimum Gasteiger partial charge on any atom is -0.480 e. The molecule has 1 aromatic rings. The minimum atomic E-state index is -1.07. The topological polar surface area (TPSA) is 79.3 Å². The van der Waals surface area contributed by atoms with Crippen LogP contribution in [-0.2, 0) is 16.0 Å². The Morgan fingerprint density at radius 2 is 2.05 bits per heavy atom. The van der Waals surface area contributed by atoms with Crippen LogP contribution in [0.5, 0.6) is 0 Å². The van der Waals surface area contributed by atoms with Crippen LogP contribution in [0.3, 0.4) is 0 Å². The number of carbonyl (C=O) groups is 2. The number of aliphatic carboxylic acids is 1. The number of amides is 1. The molecular weight excluding hydrogens is 244 g/mol. The van der Waals surface area contributed by atoms with Crippen LogP contribution >= 0.6 is 0 Å². The van der Waals surface area contributed by atoms with Crippen molar-refractivity contribution >= 4 is 11.9 Å². The Hall–Kier alpha value is -1.91. The van der Waals surface area contributed by atoms with Crippen LogP contribution in [0.2, 0.25) is 0 Å². The average Bonchev–Trinajstić information content (AvgIpc) is 2.40. The summed E-state index contributed by atoms with van der Waals surface area (Å²) in [5.41, 5.74) is -0.284. The van der Waals surface area contributed by atoms with Crippen LogP contribution in [0.25, 0.3) is 0 Å². The third-order valence-corrected chi connectivity index (χ3v) is 3.58. The largest absolute Gasteiger partial charge is 0.480 e. The summed E-state index contributed by atoms with van der Waals surface area (Å²) in [5.74, 6) is -1.18. The SMILES string of the molecule is O=C(Cc1cccnc1)NC1(C(=O)O)CCCCC1. The summed E-state index contributed by atoms with van der Waals surface area (Å²) in [6, 6.07) is 3.57. The third-order valence-electron chi connectivity index (χ3n) is 3.58. The summed E-state index contributed by atoms with van der Waals surface area (Å²) in [7, 11) is 0. The second kappa shape index (κ2) is 5.82. The van der Waals surface area contributed by atoms with Crippen LogP contribution in [0.4, 0.5) is 0 Å². The summed E-state index contributed by atoms with van der Waals surface area (Å²) in [6.07, 6.45) is 7.19. The standard InChI is InChI=1S/C14H18N2O3/c17-12(9-11-5-4-8-15-10-11)16-14(13(18)19)6-2-1-3-7-14/h4-5,8,10H,1-3,6-7,9H2,(H,16,17)(H,18,19). The summed E-state index contributed by atoms with van der Waals surface area (Å²) in [6.45, 7) is 0. The lowest BCUT2D eigenvalue weighted by Crippen LogP contribution is -2.55. The number of hydrogen-bond acceptors (Lipinski definition) is 3. The summed E-state index contributed by atoms with van der Waals surface area (Å²) in [4.78, 5) is 27.4. The summed E-state index contributed by atoms with van der Waals surface area (Å²) < 4.78 is 0. The zero-order chi connectivity index (χ0) is 13.7. The van der Waals surface area contributed by atoms with Gasteiger partial charge >= 0.3 is 5.97 Å². The van der Waals surface area contributed by atoms with Gasteiger partial charge in [-0.3, -0.25) is 9.78 Å². The zero-order valence-corrected chi connectivity index (χ0v) is 10.8. The quantitative estimate of drug-likeness (QED) is 0.862. The molecule has 0 unspecified atom stereocenters. The molecule has 0 atom stereocenters. The second-order valence-electron chi connectivity index (χ2n) is 5.03. The Bertz CT molecular complexity index is 453. The molecule has 0 aromatic carbocycles. The number of carboxylic acid groups (broad SMARTS) is 1. The molecular formula is C14H18N2O3. The van der Waals surface area contributed by atoms with Gasteiger partial charge in [0.05, 0.1) is 6.42 Å². The van der Waals surface area contributed by atoms with E-state index >= 15 is 0 Å². The number of nitrogens with one attached hydrogen (secondary N) is 1. The van der Waals surface area contributed by atoms with Crippen molar-refractivity contribution in [2.45, 2.75) is 44.1 Å². The van der Waals surface area contributed by atoms with E-state index in [9.17, 15) is 14.7 Å². The van der Waals surface area contributed by atoms with Gasteiger partial charge in [-0.05, 0) is 24.5 Å². The van der Waals surface area contributed by atoms with Gasteiger partial charge in [0.1, 0.15) is 5.54 Å². The molecule has 1 amide bonds. The number of carboxylic acids is 1. The molecule has 1 heterocycles. The van der Waals surface area contributed by atoms with E-state index < -0.39 is 11.5 Å². The molecule has 102 valence electrons. The molecule has 2 rings (SSSR count). The van der Waals surface area contributed by atoms with Crippen molar-refractivity contribution in [2.24, 2.45) is 0 Å². The van der Waals surface area contributed by atoms with Crippen LogP contribution in [0.15, 0.2) is 24.5 Å². The van der Waals surface area contributed by atoms with E-state index in [1.165, 1.54) is 0 Å². The fraction of sp³-hybridized carbons (Fsp3) is 0.500. The molecule has 1 saturated carbocycles. The smallest absolute Gasteiger partial charge is 0.329 e. The molecule has 0 bridgehead atoms. The Morgan fingerprint density at radius 3 is 2.63 bits per heavy atom. The van der Waals surface area contributed by atoms with Gasteiger partial charge in [0, 0.05) is 12.4 Å². The van der Waals surface area contributed by atoms with Gasteiger partial charge in [-0.15, -0.1) is 0 Å². The van der Waals surface area contributed by atoms with Crippen molar-refractivity contribution in [1.82, 2.24) is 10.3 Å². The highest BCUT2D eigenvalue weighted by atomic mass is 16.4. The van der Waals surface area contributed by atoms with Crippen molar-refractivity contribution in [3.05, 3.63) is 30.1 Å². The molecule has 19 heavy (non-hydrogen) atoms. The highest BCUT2D eigenvalue weighted by Crippen LogP contribution is 2.28. The first kappa shape index (κ1) is 13.5. The maximum atomic E-state index is 12.0. The first-order valence-electron chi connectivity index (χ1n) is 6.56. The van der Waals surface area contributed by atoms with E-state index in [1.54, 1.807) is 24.5 Å². The van der Waals surface area contributed by atoms with Crippen LogP contribution in [-0.4, -0.2) is 27.5 Å². The predicted octanol–water partition coefficient (Wildman–Crippen LogP) is 1.53. The Balaban J connectivity index is 2.01. The number of nitrogens with zero attached hydrogens (tertiary/aromatic N) is 1. The van der Waals surface area contributed by atoms with Gasteiger partial charge in [-0.1, -0.05) is 25.3 Å². The van der Waals surface area contributed by atoms with Gasteiger partial charge in [-0.2, -0.15) is 0 Å². The Labute approximate surface area is 112 Å². The molecule has 0 radical (unpaired) electrons. The molecule has 0 spiro atoms. The first-order valence-corrected chi connectivity index (χ1v) is 6.56. The van der Waals surface area contributed by atoms with Gasteiger partial charge < -0.3 is 10.4 Å². The third kappa shape index (κ3) is 3.30. The lowest BCUT2D eigenvalue weighted by atomic mass is 9.81. The second-order valence-corrected chi connectivity index (χ2v) is 5.03. The average molecular weight is 262 g/mol. The highest BCUT2D eigenvalue weighted by Gasteiger charge is 2.40. The molecule has 0 saturated heterocycles. The lowest BCUT2D eigenvalue weighted by Gasteiger charge is -2.34. The monoisotopic (exact) mass is 262 g/mol. The maximum Gasteiger partial charge on any atom is 0.329 e. The molecule has 5 nitrogen and oxygen atoms in total. The predicted molar refractivity (Wildman–Crippen MR) is 69.5 cm³/mol. The lowest BCUT2D eigenvalue weighted by molar-refractivity contribution is -0.149. The number of hydrogen-bond donors (Lipinski definition) is 2. The normalized spacial score (nSPS) is 17.7. The van der Waals surface area contributed by atoms with E-state index in [2.05, 4.69) is 10.3 Å². The molecule has 5 heteroatoms. The van der Waals surface area contributed by atoms with Gasteiger partial charge in [0.2, 0.25) is 5.91 Å². The van der Waals surface area contributed by atoms with Crippen LogP contribution in [0, 0.1) is 0 Å². The van der Waals surface area contributed by atoms with E-state index in [0.29, 0.717) is 12.8 Å². The van der Waals surface area contributed by atoms with Crippen molar-refractivity contribution in [3.8, 4) is 0 Å². The van der Waals surface area contributed by atoms with Gasteiger partial charge in [0.15, 0.2) is 0 Å². The van der Waals surface area contributed by atoms with Crippen LogP contribution < -0.4 is 5.32 Å². The first-order chi connectivity index (χ1) is 9.12. The molecule has 0 aliphatic heterocycles. The Kier molecular flexibility index (Phi) is 4.14. The number of pyridine rings is 1. The van der Waals surface area contributed by atoms with Gasteiger partial charge in [0.25, 0.3) is 0 Å². The fourth-order valence-electron chi connectivity index (χ4n) is 2.55.